The van der Waals surface area contributed by atoms with Gasteiger partial charge in [-0.15, -0.1) is 0 Å². The first-order valence-corrected chi connectivity index (χ1v) is 13.3. The van der Waals surface area contributed by atoms with E-state index in [9.17, 15) is 9.18 Å². The van der Waals surface area contributed by atoms with E-state index in [1.807, 2.05) is 13.8 Å². The molecule has 2 aliphatic heterocycles. The van der Waals surface area contributed by atoms with E-state index in [0.717, 1.165) is 66.4 Å². The first-order chi connectivity index (χ1) is 18.9. The lowest BCUT2D eigenvalue weighted by Crippen LogP contribution is -2.44. The summed E-state index contributed by atoms with van der Waals surface area (Å²) >= 11 is 0. The van der Waals surface area contributed by atoms with Gasteiger partial charge in [-0.05, 0) is 61.4 Å². The summed E-state index contributed by atoms with van der Waals surface area (Å²) in [5.41, 5.74) is 3.93. The summed E-state index contributed by atoms with van der Waals surface area (Å²) in [4.78, 5) is 23.7. The largest absolute Gasteiger partial charge is 0.493 e. The van der Waals surface area contributed by atoms with Crippen molar-refractivity contribution >= 4 is 11.7 Å². The summed E-state index contributed by atoms with van der Waals surface area (Å²) in [5.74, 6) is 0.147. The number of likely N-dealkylation sites (tertiary alicyclic amines) is 1. The normalized spacial score (nSPS) is 16.5. The first kappa shape index (κ1) is 26.6. The molecule has 5 rings (SSSR count). The molecule has 0 radical (unpaired) electrons. The van der Waals surface area contributed by atoms with Gasteiger partial charge in [0.1, 0.15) is 28.6 Å². The number of nitrogens with zero attached hydrogens (tertiary/aromatic N) is 3. The van der Waals surface area contributed by atoms with Crippen molar-refractivity contribution in [3.8, 4) is 22.6 Å². The molecule has 3 aromatic rings. The van der Waals surface area contributed by atoms with E-state index in [2.05, 4.69) is 27.2 Å². The highest BCUT2D eigenvalue weighted by molar-refractivity contribution is 6.00. The van der Waals surface area contributed by atoms with Crippen LogP contribution in [0.15, 0.2) is 59.9 Å². The number of aromatic nitrogens is 1. The lowest BCUT2D eigenvalue weighted by atomic mass is 9.86. The van der Waals surface area contributed by atoms with Crippen LogP contribution in [0.1, 0.15) is 54.7 Å². The Labute approximate surface area is 227 Å². The van der Waals surface area contributed by atoms with Gasteiger partial charge < -0.3 is 19.4 Å². The summed E-state index contributed by atoms with van der Waals surface area (Å²) < 4.78 is 25.6. The van der Waals surface area contributed by atoms with Crippen LogP contribution in [0.4, 0.5) is 4.39 Å². The van der Waals surface area contributed by atoms with Crippen molar-refractivity contribution in [1.82, 2.24) is 9.88 Å². The maximum absolute atomic E-state index is 13.6. The number of oxime groups is 1. The maximum atomic E-state index is 13.6. The topological polar surface area (TPSA) is 93.5 Å². The smallest absolute Gasteiger partial charge is 0.337 e. The molecule has 0 bridgehead atoms. The minimum absolute atomic E-state index is 0.145. The molecule has 0 aliphatic carbocycles. The Morgan fingerprint density at radius 3 is 2.28 bits per heavy atom. The van der Waals surface area contributed by atoms with Crippen molar-refractivity contribution in [1.29, 1.82) is 0 Å². The van der Waals surface area contributed by atoms with Crippen LogP contribution < -0.4 is 9.47 Å². The van der Waals surface area contributed by atoms with Gasteiger partial charge in [-0.25, -0.2) is 9.18 Å². The molecule has 0 unspecified atom stereocenters. The number of pyridine rings is 1. The van der Waals surface area contributed by atoms with Gasteiger partial charge in [-0.2, -0.15) is 0 Å². The highest BCUT2D eigenvalue weighted by Gasteiger charge is 2.42. The van der Waals surface area contributed by atoms with Crippen LogP contribution in [0.2, 0.25) is 0 Å². The number of carboxylic acids is 1. The van der Waals surface area contributed by atoms with Crippen molar-refractivity contribution < 1.29 is 28.6 Å². The molecule has 8 nitrogen and oxygen atoms in total. The molecule has 1 spiro atoms. The van der Waals surface area contributed by atoms with Gasteiger partial charge >= 0.3 is 5.97 Å². The van der Waals surface area contributed by atoms with E-state index in [1.165, 1.54) is 24.4 Å². The van der Waals surface area contributed by atoms with Crippen LogP contribution in [0, 0.1) is 5.82 Å². The van der Waals surface area contributed by atoms with Crippen molar-refractivity contribution in [3.63, 3.8) is 0 Å². The zero-order valence-corrected chi connectivity index (χ0v) is 22.2. The Bertz CT molecular complexity index is 1320. The molecule has 1 N–H and O–H groups in total. The Kier molecular flexibility index (Phi) is 7.79. The van der Waals surface area contributed by atoms with Crippen molar-refractivity contribution in [2.75, 3.05) is 26.3 Å². The predicted octanol–water partition coefficient (Wildman–Crippen LogP) is 5.54. The third-order valence-electron chi connectivity index (χ3n) is 7.18. The minimum Gasteiger partial charge on any atom is -0.493 e. The minimum atomic E-state index is -1.01. The van der Waals surface area contributed by atoms with Gasteiger partial charge in [0.2, 0.25) is 0 Å². The monoisotopic (exact) mass is 533 g/mol. The average Bonchev–Trinajstić information content (AvgIpc) is 3.35. The second-order valence-corrected chi connectivity index (χ2v) is 9.84. The molecule has 1 fully saturated rings. The summed E-state index contributed by atoms with van der Waals surface area (Å²) in [7, 11) is 0. The third kappa shape index (κ3) is 5.88. The number of carboxylic acid groups (broad SMARTS) is 1. The zero-order chi connectivity index (χ0) is 27.4. The number of benzene rings is 2. The molecule has 2 aromatic carbocycles. The summed E-state index contributed by atoms with van der Waals surface area (Å²) in [6.45, 7) is 7.29. The lowest BCUT2D eigenvalue weighted by Gasteiger charge is -2.37. The van der Waals surface area contributed by atoms with Crippen LogP contribution in [-0.4, -0.2) is 58.6 Å². The van der Waals surface area contributed by atoms with E-state index >= 15 is 0 Å². The number of carbonyl (C=O) groups is 1. The van der Waals surface area contributed by atoms with E-state index < -0.39 is 5.97 Å². The van der Waals surface area contributed by atoms with Crippen molar-refractivity contribution in [3.05, 3.63) is 77.4 Å². The molecule has 0 saturated carbocycles. The van der Waals surface area contributed by atoms with E-state index in [4.69, 9.17) is 19.4 Å². The second-order valence-electron chi connectivity index (χ2n) is 9.84. The molecule has 0 amide bonds. The van der Waals surface area contributed by atoms with Crippen LogP contribution in [-0.2, 0) is 11.4 Å². The molecular weight excluding hydrogens is 501 g/mol. The molecular formula is C30H32FN3O5. The SMILES string of the molecule is CCOc1cc(CN2CCC3(CC2)CC(c2ccc(C(=O)O)cn2)=NO3)cc(OCC)c1-c1ccc(F)cc1. The van der Waals surface area contributed by atoms with Crippen LogP contribution in [0.25, 0.3) is 11.1 Å². The molecule has 3 heterocycles. The number of halogens is 1. The Morgan fingerprint density at radius 2 is 1.72 bits per heavy atom. The van der Waals surface area contributed by atoms with E-state index in [1.54, 1.807) is 18.2 Å². The number of rotatable bonds is 9. The second kappa shape index (κ2) is 11.4. The fourth-order valence-corrected chi connectivity index (χ4v) is 5.17. The number of aromatic carboxylic acids is 1. The summed E-state index contributed by atoms with van der Waals surface area (Å²) in [5, 5.41) is 13.4. The number of piperidine rings is 1. The first-order valence-electron chi connectivity index (χ1n) is 13.3. The summed E-state index contributed by atoms with van der Waals surface area (Å²) in [6, 6.07) is 13.7. The fourth-order valence-electron chi connectivity index (χ4n) is 5.17. The predicted molar refractivity (Wildman–Crippen MR) is 145 cm³/mol. The van der Waals surface area contributed by atoms with E-state index in [0.29, 0.717) is 25.3 Å². The number of hydrogen-bond donors (Lipinski definition) is 1. The zero-order valence-electron chi connectivity index (χ0n) is 22.2. The van der Waals surface area contributed by atoms with Gasteiger partial charge in [0.25, 0.3) is 0 Å². The number of hydrogen-bond acceptors (Lipinski definition) is 7. The van der Waals surface area contributed by atoms with Gasteiger partial charge in [-0.1, -0.05) is 17.3 Å². The van der Waals surface area contributed by atoms with Gasteiger partial charge in [0.05, 0.1) is 30.0 Å². The lowest BCUT2D eigenvalue weighted by molar-refractivity contribution is -0.0627. The Balaban J connectivity index is 1.27. The van der Waals surface area contributed by atoms with Crippen molar-refractivity contribution in [2.24, 2.45) is 5.16 Å². The standard InChI is InChI=1S/C30H32FN3O5/c1-3-37-26-15-20(16-27(38-4-2)28(26)21-5-8-23(31)9-6-21)19-34-13-11-30(12-14-34)17-25(33-39-30)24-10-7-22(18-32-24)29(35)36/h5-10,15-16,18H,3-4,11-14,17,19H2,1-2H3,(H,35,36). The Hall–Kier alpha value is -3.98. The molecule has 1 saturated heterocycles. The van der Waals surface area contributed by atoms with Gasteiger partial charge in [-0.3, -0.25) is 9.88 Å². The van der Waals surface area contributed by atoms with Crippen LogP contribution >= 0.6 is 0 Å². The quantitative estimate of drug-likeness (QED) is 0.386. The summed E-state index contributed by atoms with van der Waals surface area (Å²) in [6.07, 6.45) is 3.63. The third-order valence-corrected chi connectivity index (χ3v) is 7.18. The maximum Gasteiger partial charge on any atom is 0.337 e. The van der Waals surface area contributed by atoms with Crippen LogP contribution in [0.5, 0.6) is 11.5 Å². The highest BCUT2D eigenvalue weighted by atomic mass is 19.1. The molecule has 39 heavy (non-hydrogen) atoms. The van der Waals surface area contributed by atoms with Gasteiger partial charge in [0, 0.05) is 45.1 Å². The van der Waals surface area contributed by atoms with Crippen molar-refractivity contribution in [2.45, 2.75) is 45.3 Å². The number of ether oxygens (including phenoxy) is 2. The Morgan fingerprint density at radius 1 is 1.05 bits per heavy atom. The highest BCUT2D eigenvalue weighted by Crippen LogP contribution is 2.41. The fraction of sp³-hybridized carbons (Fsp3) is 0.367. The molecule has 2 aliphatic rings. The van der Waals surface area contributed by atoms with Gasteiger partial charge in [0.15, 0.2) is 0 Å². The van der Waals surface area contributed by atoms with Crippen LogP contribution in [0.3, 0.4) is 0 Å². The molecule has 204 valence electrons. The average molecular weight is 534 g/mol. The molecule has 0 atom stereocenters. The molecule has 9 heteroatoms. The molecule has 1 aromatic heterocycles. The van der Waals surface area contributed by atoms with E-state index in [-0.39, 0.29) is 17.0 Å².